The van der Waals surface area contributed by atoms with Crippen molar-refractivity contribution in [3.63, 3.8) is 0 Å². The van der Waals surface area contributed by atoms with Crippen LogP contribution in [-0.4, -0.2) is 37.7 Å². The van der Waals surface area contributed by atoms with Gasteiger partial charge >= 0.3 is 0 Å². The van der Waals surface area contributed by atoms with Gasteiger partial charge in [-0.25, -0.2) is 0 Å². The predicted octanol–water partition coefficient (Wildman–Crippen LogP) is 1.37. The number of rotatable bonds is 2. The number of hydrogen-bond donors (Lipinski definition) is 0. The van der Waals surface area contributed by atoms with Crippen LogP contribution in [0.25, 0.3) is 0 Å². The molecule has 1 aliphatic rings. The Kier molecular flexibility index (Phi) is 3.77. The highest BCUT2D eigenvalue weighted by atomic mass is 16.5. The fraction of sp³-hybridized carbons (Fsp3) is 0.818. The molecule has 0 aromatic heterocycles. The molecule has 0 radical (unpaired) electrons. The van der Waals surface area contributed by atoms with Gasteiger partial charge in [0.15, 0.2) is 0 Å². The van der Waals surface area contributed by atoms with E-state index in [0.29, 0.717) is 0 Å². The smallest absolute Gasteiger partial charge is 0.0594 e. The largest absolute Gasteiger partial charge is 0.379 e. The van der Waals surface area contributed by atoms with Gasteiger partial charge < -0.3 is 4.74 Å². The van der Waals surface area contributed by atoms with Crippen LogP contribution in [-0.2, 0) is 4.74 Å². The molecule has 0 saturated carbocycles. The number of morpholine rings is 1. The molecule has 13 heavy (non-hydrogen) atoms. The van der Waals surface area contributed by atoms with Crippen molar-refractivity contribution in [2.45, 2.75) is 20.8 Å². The summed E-state index contributed by atoms with van der Waals surface area (Å²) < 4.78 is 5.30. The topological polar surface area (TPSA) is 12.5 Å². The van der Waals surface area contributed by atoms with E-state index in [4.69, 9.17) is 4.74 Å². The van der Waals surface area contributed by atoms with Gasteiger partial charge in [0.1, 0.15) is 0 Å². The molecule has 1 saturated heterocycles. The summed E-state index contributed by atoms with van der Waals surface area (Å²) in [6.07, 6.45) is 0. The lowest BCUT2D eigenvalue weighted by atomic mass is 9.93. The third-order valence-electron chi connectivity index (χ3n) is 2.19. The molecular formula is C11H19NO. The first kappa shape index (κ1) is 10.6. The molecule has 0 bridgehead atoms. The molecule has 1 aliphatic heterocycles. The monoisotopic (exact) mass is 181 g/mol. The Morgan fingerprint density at radius 1 is 1.31 bits per heavy atom. The maximum atomic E-state index is 5.30. The van der Waals surface area contributed by atoms with Crippen LogP contribution in [0.2, 0.25) is 0 Å². The normalized spacial score (nSPS) is 19.3. The summed E-state index contributed by atoms with van der Waals surface area (Å²) in [6.45, 7) is 11.2. The number of hydrogen-bond acceptors (Lipinski definition) is 2. The van der Waals surface area contributed by atoms with Gasteiger partial charge in [-0.1, -0.05) is 5.92 Å². The highest BCUT2D eigenvalue weighted by Gasteiger charge is 2.20. The van der Waals surface area contributed by atoms with Gasteiger partial charge in [0.2, 0.25) is 0 Å². The predicted molar refractivity (Wildman–Crippen MR) is 54.5 cm³/mol. The molecule has 0 spiro atoms. The molecule has 74 valence electrons. The Bertz CT molecular complexity index is 206. The van der Waals surface area contributed by atoms with Crippen LogP contribution < -0.4 is 0 Å². The van der Waals surface area contributed by atoms with Gasteiger partial charge in [-0.15, -0.1) is 5.92 Å². The fourth-order valence-electron chi connectivity index (χ4n) is 1.70. The molecule has 1 fully saturated rings. The third-order valence-corrected chi connectivity index (χ3v) is 2.19. The van der Waals surface area contributed by atoms with Gasteiger partial charge in [0, 0.05) is 25.0 Å². The zero-order chi connectivity index (χ0) is 9.73. The second kappa shape index (κ2) is 4.64. The van der Waals surface area contributed by atoms with Crippen LogP contribution in [0.3, 0.4) is 0 Å². The average molecular weight is 181 g/mol. The van der Waals surface area contributed by atoms with E-state index in [-0.39, 0.29) is 5.41 Å². The molecule has 0 aromatic rings. The molecule has 1 heterocycles. The standard InChI is InChI=1S/C11H19NO/c1-4-5-11(2,3)10-12-6-8-13-9-7-12/h6-10H2,1-3H3. The van der Waals surface area contributed by atoms with Crippen LogP contribution in [0, 0.1) is 17.3 Å². The average Bonchev–Trinajstić information content (AvgIpc) is 2.04. The van der Waals surface area contributed by atoms with Crippen LogP contribution >= 0.6 is 0 Å². The Morgan fingerprint density at radius 3 is 2.46 bits per heavy atom. The van der Waals surface area contributed by atoms with Crippen molar-refractivity contribution in [1.29, 1.82) is 0 Å². The van der Waals surface area contributed by atoms with E-state index in [1.807, 2.05) is 6.92 Å². The van der Waals surface area contributed by atoms with Crippen molar-refractivity contribution in [1.82, 2.24) is 4.90 Å². The van der Waals surface area contributed by atoms with Crippen molar-refractivity contribution in [2.75, 3.05) is 32.8 Å². The molecule has 2 nitrogen and oxygen atoms in total. The third kappa shape index (κ3) is 3.80. The second-order valence-electron chi connectivity index (χ2n) is 4.15. The zero-order valence-corrected chi connectivity index (χ0v) is 8.89. The first-order chi connectivity index (χ1) is 6.14. The van der Waals surface area contributed by atoms with Crippen LogP contribution in [0.15, 0.2) is 0 Å². The van der Waals surface area contributed by atoms with Crippen LogP contribution in [0.1, 0.15) is 20.8 Å². The minimum absolute atomic E-state index is 0.117. The van der Waals surface area contributed by atoms with Gasteiger partial charge in [0.05, 0.1) is 13.2 Å². The van der Waals surface area contributed by atoms with Crippen molar-refractivity contribution < 1.29 is 4.74 Å². The minimum Gasteiger partial charge on any atom is -0.379 e. The van der Waals surface area contributed by atoms with Gasteiger partial charge in [0.25, 0.3) is 0 Å². The lowest BCUT2D eigenvalue weighted by molar-refractivity contribution is 0.0277. The Labute approximate surface area is 81.3 Å². The molecule has 0 aliphatic carbocycles. The molecule has 0 atom stereocenters. The van der Waals surface area contributed by atoms with Gasteiger partial charge in [-0.3, -0.25) is 4.90 Å². The molecule has 2 heteroatoms. The number of nitrogens with zero attached hydrogens (tertiary/aromatic N) is 1. The quantitative estimate of drug-likeness (QED) is 0.597. The highest BCUT2D eigenvalue weighted by molar-refractivity contribution is 5.07. The van der Waals surface area contributed by atoms with E-state index in [1.54, 1.807) is 0 Å². The van der Waals surface area contributed by atoms with E-state index < -0.39 is 0 Å². The summed E-state index contributed by atoms with van der Waals surface area (Å²) in [5.41, 5.74) is 0.117. The van der Waals surface area contributed by atoms with Crippen molar-refractivity contribution >= 4 is 0 Å². The lowest BCUT2D eigenvalue weighted by Crippen LogP contribution is -2.41. The molecule has 0 N–H and O–H groups in total. The zero-order valence-electron chi connectivity index (χ0n) is 8.89. The van der Waals surface area contributed by atoms with Crippen LogP contribution in [0.5, 0.6) is 0 Å². The summed E-state index contributed by atoms with van der Waals surface area (Å²) in [5, 5.41) is 0. The van der Waals surface area contributed by atoms with Gasteiger partial charge in [-0.2, -0.15) is 0 Å². The molecule has 1 rings (SSSR count). The maximum absolute atomic E-state index is 5.30. The summed E-state index contributed by atoms with van der Waals surface area (Å²) in [5.74, 6) is 6.23. The van der Waals surface area contributed by atoms with Gasteiger partial charge in [-0.05, 0) is 20.8 Å². The Morgan fingerprint density at radius 2 is 1.92 bits per heavy atom. The molecule has 0 aromatic carbocycles. The highest BCUT2D eigenvalue weighted by Crippen LogP contribution is 2.16. The van der Waals surface area contributed by atoms with Crippen molar-refractivity contribution in [3.8, 4) is 11.8 Å². The van der Waals surface area contributed by atoms with Crippen molar-refractivity contribution in [2.24, 2.45) is 5.41 Å². The van der Waals surface area contributed by atoms with E-state index in [9.17, 15) is 0 Å². The summed E-state index contributed by atoms with van der Waals surface area (Å²) in [4.78, 5) is 2.42. The first-order valence-corrected chi connectivity index (χ1v) is 4.88. The first-order valence-electron chi connectivity index (χ1n) is 4.88. The lowest BCUT2D eigenvalue weighted by Gasteiger charge is -2.31. The molecule has 0 unspecified atom stereocenters. The van der Waals surface area contributed by atoms with Crippen molar-refractivity contribution in [3.05, 3.63) is 0 Å². The maximum Gasteiger partial charge on any atom is 0.0594 e. The summed E-state index contributed by atoms with van der Waals surface area (Å²) >= 11 is 0. The fourth-order valence-corrected chi connectivity index (χ4v) is 1.70. The Balaban J connectivity index is 2.40. The van der Waals surface area contributed by atoms with E-state index in [1.165, 1.54) is 0 Å². The van der Waals surface area contributed by atoms with E-state index in [2.05, 4.69) is 30.6 Å². The van der Waals surface area contributed by atoms with Crippen LogP contribution in [0.4, 0.5) is 0 Å². The summed E-state index contributed by atoms with van der Waals surface area (Å²) in [7, 11) is 0. The summed E-state index contributed by atoms with van der Waals surface area (Å²) in [6, 6.07) is 0. The molecule has 0 amide bonds. The SMILES string of the molecule is CC#CC(C)(C)CN1CCOCC1. The number of ether oxygens (including phenoxy) is 1. The van der Waals surface area contributed by atoms with E-state index in [0.717, 1.165) is 32.8 Å². The molecular weight excluding hydrogens is 162 g/mol. The Hall–Kier alpha value is -0.520. The minimum atomic E-state index is 0.117. The second-order valence-corrected chi connectivity index (χ2v) is 4.15. The van der Waals surface area contributed by atoms with E-state index >= 15 is 0 Å².